The van der Waals surface area contributed by atoms with Gasteiger partial charge in [0.2, 0.25) is 15.9 Å². The monoisotopic (exact) mass is 262 g/mol. The van der Waals surface area contributed by atoms with Gasteiger partial charge < -0.3 is 5.32 Å². The SMILES string of the molecule is CC(C)(C)NC(=O)C1CCCCN1S(C)(=O)=O. The first-order valence-corrected chi connectivity index (χ1v) is 7.75. The molecule has 0 aromatic rings. The number of sulfonamides is 1. The van der Waals surface area contributed by atoms with E-state index in [4.69, 9.17) is 0 Å². The molecule has 1 amide bonds. The Hall–Kier alpha value is -0.620. The number of hydrogen-bond donors (Lipinski definition) is 1. The quantitative estimate of drug-likeness (QED) is 0.797. The molecule has 0 bridgehead atoms. The topological polar surface area (TPSA) is 66.5 Å². The molecule has 0 radical (unpaired) electrons. The Balaban J connectivity index is 2.82. The third-order valence-corrected chi connectivity index (χ3v) is 3.97. The van der Waals surface area contributed by atoms with Gasteiger partial charge in [0, 0.05) is 12.1 Å². The Morgan fingerprint density at radius 2 is 1.88 bits per heavy atom. The highest BCUT2D eigenvalue weighted by Gasteiger charge is 2.35. The Morgan fingerprint density at radius 3 is 2.35 bits per heavy atom. The average molecular weight is 262 g/mol. The van der Waals surface area contributed by atoms with Crippen molar-refractivity contribution in [1.29, 1.82) is 0 Å². The highest BCUT2D eigenvalue weighted by atomic mass is 32.2. The molecule has 100 valence electrons. The van der Waals surface area contributed by atoms with Crippen LogP contribution in [0.3, 0.4) is 0 Å². The van der Waals surface area contributed by atoms with Crippen LogP contribution in [-0.2, 0) is 14.8 Å². The average Bonchev–Trinajstić information content (AvgIpc) is 2.13. The van der Waals surface area contributed by atoms with E-state index in [-0.39, 0.29) is 11.4 Å². The molecule has 1 unspecified atom stereocenters. The van der Waals surface area contributed by atoms with E-state index in [1.54, 1.807) is 0 Å². The fourth-order valence-corrected chi connectivity index (χ4v) is 3.14. The van der Waals surface area contributed by atoms with Crippen molar-refractivity contribution in [3.05, 3.63) is 0 Å². The summed E-state index contributed by atoms with van der Waals surface area (Å²) >= 11 is 0. The lowest BCUT2D eigenvalue weighted by Crippen LogP contribution is -2.55. The molecule has 1 fully saturated rings. The van der Waals surface area contributed by atoms with Crippen molar-refractivity contribution < 1.29 is 13.2 Å². The van der Waals surface area contributed by atoms with Crippen LogP contribution in [0.5, 0.6) is 0 Å². The summed E-state index contributed by atoms with van der Waals surface area (Å²) in [5, 5.41) is 2.85. The molecule has 0 aromatic carbocycles. The van der Waals surface area contributed by atoms with Gasteiger partial charge >= 0.3 is 0 Å². The van der Waals surface area contributed by atoms with Crippen LogP contribution in [0, 0.1) is 0 Å². The Labute approximate surface area is 104 Å². The maximum Gasteiger partial charge on any atom is 0.238 e. The predicted molar refractivity (Wildman–Crippen MR) is 67.1 cm³/mol. The summed E-state index contributed by atoms with van der Waals surface area (Å²) in [6, 6.07) is -0.544. The van der Waals surface area contributed by atoms with E-state index in [1.165, 1.54) is 4.31 Å². The second-order valence-electron chi connectivity index (χ2n) is 5.62. The first kappa shape index (κ1) is 14.4. The van der Waals surface area contributed by atoms with E-state index in [1.807, 2.05) is 20.8 Å². The number of piperidine rings is 1. The summed E-state index contributed by atoms with van der Waals surface area (Å²) in [5.74, 6) is -0.192. The van der Waals surface area contributed by atoms with Crippen LogP contribution >= 0.6 is 0 Å². The van der Waals surface area contributed by atoms with Crippen LogP contribution in [-0.4, -0.2) is 43.0 Å². The van der Waals surface area contributed by atoms with Gasteiger partial charge in [-0.2, -0.15) is 4.31 Å². The lowest BCUT2D eigenvalue weighted by Gasteiger charge is -2.34. The van der Waals surface area contributed by atoms with Crippen LogP contribution in [0.15, 0.2) is 0 Å². The maximum absolute atomic E-state index is 12.1. The second kappa shape index (κ2) is 4.94. The molecule has 6 heteroatoms. The smallest absolute Gasteiger partial charge is 0.238 e. The first-order chi connectivity index (χ1) is 7.61. The number of carbonyl (C=O) groups is 1. The third-order valence-electron chi connectivity index (χ3n) is 2.68. The van der Waals surface area contributed by atoms with Crippen LogP contribution < -0.4 is 5.32 Å². The van der Waals surface area contributed by atoms with Gasteiger partial charge in [0.15, 0.2) is 0 Å². The molecule has 0 saturated carbocycles. The van der Waals surface area contributed by atoms with Gasteiger partial charge in [-0.25, -0.2) is 8.42 Å². The van der Waals surface area contributed by atoms with E-state index in [0.717, 1.165) is 19.1 Å². The summed E-state index contributed by atoms with van der Waals surface area (Å²) in [6.07, 6.45) is 3.49. The summed E-state index contributed by atoms with van der Waals surface area (Å²) in [5.41, 5.74) is -0.336. The van der Waals surface area contributed by atoms with Crippen molar-refractivity contribution in [1.82, 2.24) is 9.62 Å². The predicted octanol–water partition coefficient (Wildman–Crippen LogP) is 0.715. The van der Waals surface area contributed by atoms with Gasteiger partial charge in [-0.3, -0.25) is 4.79 Å². The number of rotatable bonds is 2. The Bertz CT molecular complexity index is 384. The van der Waals surface area contributed by atoms with Crippen molar-refractivity contribution in [3.8, 4) is 0 Å². The molecular formula is C11H22N2O3S. The summed E-state index contributed by atoms with van der Waals surface area (Å²) in [6.45, 7) is 6.11. The van der Waals surface area contributed by atoms with E-state index >= 15 is 0 Å². The Morgan fingerprint density at radius 1 is 1.29 bits per heavy atom. The lowest BCUT2D eigenvalue weighted by molar-refractivity contribution is -0.127. The molecule has 1 aliphatic heterocycles. The van der Waals surface area contributed by atoms with Crippen molar-refractivity contribution in [2.24, 2.45) is 0 Å². The molecule has 1 rings (SSSR count). The van der Waals surface area contributed by atoms with E-state index in [2.05, 4.69) is 5.32 Å². The number of carbonyl (C=O) groups excluding carboxylic acids is 1. The van der Waals surface area contributed by atoms with E-state index in [9.17, 15) is 13.2 Å². The van der Waals surface area contributed by atoms with E-state index < -0.39 is 16.1 Å². The molecule has 1 aliphatic rings. The van der Waals surface area contributed by atoms with Gasteiger partial charge in [0.25, 0.3) is 0 Å². The summed E-state index contributed by atoms with van der Waals surface area (Å²) in [7, 11) is -3.30. The van der Waals surface area contributed by atoms with Crippen molar-refractivity contribution in [2.45, 2.75) is 51.6 Å². The van der Waals surface area contributed by atoms with Gasteiger partial charge in [-0.15, -0.1) is 0 Å². The highest BCUT2D eigenvalue weighted by Crippen LogP contribution is 2.20. The fourth-order valence-electron chi connectivity index (χ4n) is 2.02. The van der Waals surface area contributed by atoms with Gasteiger partial charge in [0.05, 0.1) is 6.26 Å². The zero-order valence-electron chi connectivity index (χ0n) is 11.0. The molecule has 0 aromatic heterocycles. The molecule has 1 heterocycles. The molecular weight excluding hydrogens is 240 g/mol. The first-order valence-electron chi connectivity index (χ1n) is 5.90. The highest BCUT2D eigenvalue weighted by molar-refractivity contribution is 7.88. The number of amides is 1. The number of nitrogens with one attached hydrogen (secondary N) is 1. The summed E-state index contributed by atoms with van der Waals surface area (Å²) < 4.78 is 24.5. The number of nitrogens with zero attached hydrogens (tertiary/aromatic N) is 1. The Kier molecular flexibility index (Phi) is 4.19. The van der Waals surface area contributed by atoms with Gasteiger partial charge in [0.1, 0.15) is 6.04 Å². The molecule has 0 spiro atoms. The molecule has 1 atom stereocenters. The summed E-state index contributed by atoms with van der Waals surface area (Å²) in [4.78, 5) is 12.1. The molecule has 5 nitrogen and oxygen atoms in total. The molecule has 0 aliphatic carbocycles. The third kappa shape index (κ3) is 4.27. The van der Waals surface area contributed by atoms with Crippen LogP contribution in [0.4, 0.5) is 0 Å². The van der Waals surface area contributed by atoms with Gasteiger partial charge in [-0.05, 0) is 33.6 Å². The maximum atomic E-state index is 12.1. The second-order valence-corrected chi connectivity index (χ2v) is 7.56. The van der Waals surface area contributed by atoms with Crippen LogP contribution in [0.25, 0.3) is 0 Å². The minimum absolute atomic E-state index is 0.192. The molecule has 1 saturated heterocycles. The normalized spacial score (nSPS) is 23.4. The molecule has 1 N–H and O–H groups in total. The minimum Gasteiger partial charge on any atom is -0.350 e. The fraction of sp³-hybridized carbons (Fsp3) is 0.909. The van der Waals surface area contributed by atoms with Crippen molar-refractivity contribution in [2.75, 3.05) is 12.8 Å². The van der Waals surface area contributed by atoms with E-state index in [0.29, 0.717) is 13.0 Å². The van der Waals surface area contributed by atoms with Crippen LogP contribution in [0.1, 0.15) is 40.0 Å². The number of hydrogen-bond acceptors (Lipinski definition) is 3. The molecule has 17 heavy (non-hydrogen) atoms. The van der Waals surface area contributed by atoms with Crippen LogP contribution in [0.2, 0.25) is 0 Å². The zero-order chi connectivity index (χ0) is 13.3. The zero-order valence-corrected chi connectivity index (χ0v) is 11.8. The lowest BCUT2D eigenvalue weighted by atomic mass is 10.0. The van der Waals surface area contributed by atoms with Crippen molar-refractivity contribution >= 4 is 15.9 Å². The van der Waals surface area contributed by atoms with Gasteiger partial charge in [-0.1, -0.05) is 6.42 Å². The standard InChI is InChI=1S/C11H22N2O3S/c1-11(2,3)12-10(14)9-7-5-6-8-13(9)17(4,15)16/h9H,5-8H2,1-4H3,(H,12,14). The largest absolute Gasteiger partial charge is 0.350 e. The van der Waals surface area contributed by atoms with Crippen molar-refractivity contribution in [3.63, 3.8) is 0 Å². The minimum atomic E-state index is -3.30.